The molecule has 3 fully saturated rings. The number of halogens is 1. The summed E-state index contributed by atoms with van der Waals surface area (Å²) >= 11 is 0. The number of nitrogens with one attached hydrogen (secondary N) is 2. The monoisotopic (exact) mass is 494 g/mol. The average molecular weight is 494 g/mol. The van der Waals surface area contributed by atoms with Crippen LogP contribution in [0.5, 0.6) is 0 Å². The lowest BCUT2D eigenvalue weighted by Gasteiger charge is -2.48. The van der Waals surface area contributed by atoms with Gasteiger partial charge in [-0.3, -0.25) is 9.89 Å². The number of hydrogen-bond donors (Lipinski definition) is 3. The molecule has 0 unspecified atom stereocenters. The zero-order chi connectivity index (χ0) is 18.3. The van der Waals surface area contributed by atoms with Crippen LogP contribution < -0.4 is 10.6 Å². The van der Waals surface area contributed by atoms with Gasteiger partial charge in [-0.05, 0) is 25.7 Å². The van der Waals surface area contributed by atoms with Crippen LogP contribution in [0, 0.1) is 0 Å². The molecule has 6 nitrogen and oxygen atoms in total. The van der Waals surface area contributed by atoms with E-state index < -0.39 is 5.60 Å². The van der Waals surface area contributed by atoms with Crippen LogP contribution >= 0.6 is 24.0 Å². The minimum atomic E-state index is -0.567. The Morgan fingerprint density at radius 1 is 0.926 bits per heavy atom. The topological polar surface area (TPSA) is 69.1 Å². The predicted molar refractivity (Wildman–Crippen MR) is 121 cm³/mol. The standard InChI is InChI=1S/C20H38N4O2.HI/c1-21-18(23-17-20(25)10-6-3-7-11-20)22-16-19(8-4-2-5-9-19)24-12-14-26-15-13-24;/h25H,2-17H2,1H3,(H2,21,22,23);1H. The van der Waals surface area contributed by atoms with Gasteiger partial charge in [-0.1, -0.05) is 38.5 Å². The number of guanidine groups is 1. The summed E-state index contributed by atoms with van der Waals surface area (Å²) in [5, 5.41) is 17.7. The van der Waals surface area contributed by atoms with Gasteiger partial charge in [-0.15, -0.1) is 24.0 Å². The van der Waals surface area contributed by atoms with Crippen LogP contribution in [-0.4, -0.2) is 73.5 Å². The van der Waals surface area contributed by atoms with Crippen molar-refractivity contribution in [1.29, 1.82) is 0 Å². The van der Waals surface area contributed by atoms with Gasteiger partial charge in [0.15, 0.2) is 5.96 Å². The second-order valence-corrected chi connectivity index (χ2v) is 8.45. The third-order valence-corrected chi connectivity index (χ3v) is 6.64. The number of ether oxygens (including phenoxy) is 1. The maximum absolute atomic E-state index is 10.7. The fourth-order valence-electron chi connectivity index (χ4n) is 4.96. The molecule has 0 atom stereocenters. The Labute approximate surface area is 181 Å². The van der Waals surface area contributed by atoms with Crippen molar-refractivity contribution >= 4 is 29.9 Å². The van der Waals surface area contributed by atoms with E-state index in [1.165, 1.54) is 38.5 Å². The van der Waals surface area contributed by atoms with Gasteiger partial charge in [-0.2, -0.15) is 0 Å². The Balaban J connectivity index is 0.00000261. The molecule has 3 N–H and O–H groups in total. The van der Waals surface area contributed by atoms with Gasteiger partial charge in [-0.25, -0.2) is 0 Å². The van der Waals surface area contributed by atoms with Crippen molar-refractivity contribution < 1.29 is 9.84 Å². The second kappa shape index (κ2) is 11.2. The third kappa shape index (κ3) is 6.44. The molecule has 0 aromatic carbocycles. The van der Waals surface area contributed by atoms with E-state index in [2.05, 4.69) is 20.5 Å². The van der Waals surface area contributed by atoms with E-state index in [4.69, 9.17) is 4.74 Å². The van der Waals surface area contributed by atoms with Crippen LogP contribution in [-0.2, 0) is 4.74 Å². The molecule has 2 aliphatic carbocycles. The van der Waals surface area contributed by atoms with Gasteiger partial charge in [0.05, 0.1) is 18.8 Å². The van der Waals surface area contributed by atoms with E-state index in [1.807, 2.05) is 7.05 Å². The van der Waals surface area contributed by atoms with Crippen molar-refractivity contribution in [3.8, 4) is 0 Å². The van der Waals surface area contributed by atoms with Crippen LogP contribution in [0.3, 0.4) is 0 Å². The summed E-state index contributed by atoms with van der Waals surface area (Å²) in [6.45, 7) is 5.28. The molecule has 0 spiro atoms. The van der Waals surface area contributed by atoms with Gasteiger partial charge in [0.25, 0.3) is 0 Å². The van der Waals surface area contributed by atoms with Crippen molar-refractivity contribution in [3.05, 3.63) is 0 Å². The average Bonchev–Trinajstić information content (AvgIpc) is 2.70. The third-order valence-electron chi connectivity index (χ3n) is 6.64. The van der Waals surface area contributed by atoms with Crippen LogP contribution in [0.4, 0.5) is 0 Å². The molecule has 0 aromatic rings. The largest absolute Gasteiger partial charge is 0.388 e. The van der Waals surface area contributed by atoms with Crippen LogP contribution in [0.15, 0.2) is 4.99 Å². The highest BCUT2D eigenvalue weighted by molar-refractivity contribution is 14.0. The molecule has 0 bridgehead atoms. The molecule has 1 aliphatic heterocycles. The van der Waals surface area contributed by atoms with Crippen molar-refractivity contribution in [2.24, 2.45) is 4.99 Å². The molecular weight excluding hydrogens is 455 g/mol. The Bertz CT molecular complexity index is 457. The molecule has 1 saturated heterocycles. The minimum Gasteiger partial charge on any atom is -0.388 e. The summed E-state index contributed by atoms with van der Waals surface area (Å²) in [5.41, 5.74) is -0.343. The first-order chi connectivity index (χ1) is 12.7. The summed E-state index contributed by atoms with van der Waals surface area (Å²) < 4.78 is 5.57. The minimum absolute atomic E-state index is 0. The highest BCUT2D eigenvalue weighted by Gasteiger charge is 2.38. The number of rotatable bonds is 5. The predicted octanol–water partition coefficient (Wildman–Crippen LogP) is 2.50. The first-order valence-electron chi connectivity index (χ1n) is 10.7. The molecular formula is C20H39IN4O2. The lowest BCUT2D eigenvalue weighted by Crippen LogP contribution is -2.61. The van der Waals surface area contributed by atoms with Gasteiger partial charge in [0.1, 0.15) is 0 Å². The molecule has 27 heavy (non-hydrogen) atoms. The van der Waals surface area contributed by atoms with Crippen LogP contribution in [0.2, 0.25) is 0 Å². The summed E-state index contributed by atoms with van der Waals surface area (Å²) in [6.07, 6.45) is 11.8. The molecule has 0 radical (unpaired) electrons. The first-order valence-corrected chi connectivity index (χ1v) is 10.7. The normalized spacial score (nSPS) is 26.1. The number of morpholine rings is 1. The van der Waals surface area contributed by atoms with Crippen molar-refractivity contribution in [2.45, 2.75) is 75.3 Å². The lowest BCUT2D eigenvalue weighted by atomic mass is 9.79. The van der Waals surface area contributed by atoms with E-state index in [1.54, 1.807) is 0 Å². The number of aliphatic hydroxyl groups is 1. The molecule has 0 amide bonds. The molecule has 7 heteroatoms. The quantitative estimate of drug-likeness (QED) is 0.312. The zero-order valence-corrected chi connectivity index (χ0v) is 19.3. The molecule has 1 heterocycles. The highest BCUT2D eigenvalue weighted by Crippen LogP contribution is 2.34. The van der Waals surface area contributed by atoms with E-state index in [0.29, 0.717) is 6.54 Å². The SMILES string of the molecule is CN=C(NCC1(O)CCCCC1)NCC1(N2CCOCC2)CCCCC1.I. The number of aliphatic imine (C=N–C) groups is 1. The summed E-state index contributed by atoms with van der Waals surface area (Å²) in [7, 11) is 1.82. The fraction of sp³-hybridized carbons (Fsp3) is 0.950. The van der Waals surface area contributed by atoms with Gasteiger partial charge in [0, 0.05) is 38.8 Å². The van der Waals surface area contributed by atoms with Gasteiger partial charge in [0.2, 0.25) is 0 Å². The Morgan fingerprint density at radius 3 is 2.07 bits per heavy atom. The Morgan fingerprint density at radius 2 is 1.48 bits per heavy atom. The van der Waals surface area contributed by atoms with Crippen LogP contribution in [0.1, 0.15) is 64.2 Å². The highest BCUT2D eigenvalue weighted by atomic mass is 127. The van der Waals surface area contributed by atoms with Crippen LogP contribution in [0.25, 0.3) is 0 Å². The second-order valence-electron chi connectivity index (χ2n) is 8.45. The number of hydrogen-bond acceptors (Lipinski definition) is 4. The van der Waals surface area contributed by atoms with E-state index in [9.17, 15) is 5.11 Å². The summed E-state index contributed by atoms with van der Waals surface area (Å²) in [5.74, 6) is 0.821. The van der Waals surface area contributed by atoms with Gasteiger partial charge < -0.3 is 20.5 Å². The Hall–Kier alpha value is -0.120. The van der Waals surface area contributed by atoms with Crippen molar-refractivity contribution in [3.63, 3.8) is 0 Å². The lowest BCUT2D eigenvalue weighted by molar-refractivity contribution is -0.0353. The molecule has 0 aromatic heterocycles. The maximum Gasteiger partial charge on any atom is 0.191 e. The maximum atomic E-state index is 10.7. The summed E-state index contributed by atoms with van der Waals surface area (Å²) in [6, 6.07) is 0. The molecule has 158 valence electrons. The summed E-state index contributed by atoms with van der Waals surface area (Å²) in [4.78, 5) is 7.05. The van der Waals surface area contributed by atoms with Crippen molar-refractivity contribution in [2.75, 3.05) is 46.4 Å². The zero-order valence-electron chi connectivity index (χ0n) is 17.0. The molecule has 2 saturated carbocycles. The first kappa shape index (κ1) is 23.2. The molecule has 3 rings (SSSR count). The number of nitrogens with zero attached hydrogens (tertiary/aromatic N) is 2. The Kier molecular flexibility index (Phi) is 9.58. The van der Waals surface area contributed by atoms with Gasteiger partial charge >= 0.3 is 0 Å². The van der Waals surface area contributed by atoms with Crippen molar-refractivity contribution in [1.82, 2.24) is 15.5 Å². The molecule has 3 aliphatic rings. The fourth-order valence-corrected chi connectivity index (χ4v) is 4.96. The van der Waals surface area contributed by atoms with E-state index in [-0.39, 0.29) is 29.5 Å². The van der Waals surface area contributed by atoms with E-state index in [0.717, 1.165) is 64.5 Å². The smallest absolute Gasteiger partial charge is 0.191 e. The van der Waals surface area contributed by atoms with E-state index >= 15 is 0 Å².